The van der Waals surface area contributed by atoms with E-state index >= 15 is 0 Å². The Bertz CT molecular complexity index is 1380. The summed E-state index contributed by atoms with van der Waals surface area (Å²) in [5.41, 5.74) is 3.22. The third kappa shape index (κ3) is 7.10. The molecule has 200 valence electrons. The number of anilines is 1. The number of aromatic nitrogens is 3. The summed E-state index contributed by atoms with van der Waals surface area (Å²) in [6, 6.07) is 13.3. The summed E-state index contributed by atoms with van der Waals surface area (Å²) in [4.78, 5) is 16.9. The van der Waals surface area contributed by atoms with Crippen LogP contribution in [0.1, 0.15) is 44.7 Å². The predicted octanol–water partition coefficient (Wildman–Crippen LogP) is 5.85. The average Bonchev–Trinajstić information content (AvgIpc) is 3.61. The van der Waals surface area contributed by atoms with Gasteiger partial charge in [0.05, 0.1) is 36.5 Å². The summed E-state index contributed by atoms with van der Waals surface area (Å²) >= 11 is 0. The van der Waals surface area contributed by atoms with Gasteiger partial charge in [0.15, 0.2) is 0 Å². The maximum atomic E-state index is 12.5. The van der Waals surface area contributed by atoms with Crippen molar-refractivity contribution in [3.05, 3.63) is 72.2 Å². The van der Waals surface area contributed by atoms with E-state index in [0.29, 0.717) is 11.4 Å². The van der Waals surface area contributed by atoms with Crippen LogP contribution in [0.2, 0.25) is 0 Å². The number of hydrogen-bond donors (Lipinski definition) is 2. The van der Waals surface area contributed by atoms with Crippen molar-refractivity contribution in [1.29, 1.82) is 0 Å². The Morgan fingerprint density at radius 1 is 1.08 bits per heavy atom. The van der Waals surface area contributed by atoms with Crippen LogP contribution in [0, 0.1) is 6.92 Å². The maximum absolute atomic E-state index is 12.5. The van der Waals surface area contributed by atoms with Crippen molar-refractivity contribution in [2.45, 2.75) is 52.5 Å². The highest BCUT2D eigenvalue weighted by Gasteiger charge is 2.15. The monoisotopic (exact) mass is 515 g/mol. The third-order valence-corrected chi connectivity index (χ3v) is 6.24. The maximum Gasteiger partial charge on any atom is 0.228 e. The Morgan fingerprint density at radius 3 is 2.50 bits per heavy atom. The van der Waals surface area contributed by atoms with Gasteiger partial charge >= 0.3 is 0 Å². The number of hydrogen-bond acceptors (Lipinski definition) is 6. The minimum Gasteiger partial charge on any atom is -0.497 e. The van der Waals surface area contributed by atoms with Crippen LogP contribution in [0.15, 0.2) is 61.1 Å². The second kappa shape index (κ2) is 12.1. The summed E-state index contributed by atoms with van der Waals surface area (Å²) in [5, 5.41) is 11.3. The van der Waals surface area contributed by atoms with Crippen LogP contribution in [0.4, 0.5) is 5.69 Å². The number of nitrogens with one attached hydrogen (secondary N) is 2. The van der Waals surface area contributed by atoms with Gasteiger partial charge in [0, 0.05) is 17.8 Å². The van der Waals surface area contributed by atoms with E-state index in [1.165, 1.54) is 25.9 Å². The Hall–Kier alpha value is -3.91. The molecule has 1 amide bonds. The highest BCUT2D eigenvalue weighted by atomic mass is 16.5. The molecule has 38 heavy (non-hydrogen) atoms. The molecule has 8 heteroatoms. The molecule has 1 aliphatic rings. The van der Waals surface area contributed by atoms with Gasteiger partial charge in [-0.2, -0.15) is 5.10 Å². The number of aryl methyl sites for hydroxylation is 1. The molecule has 2 aromatic carbocycles. The molecule has 4 aromatic rings. The molecule has 1 saturated heterocycles. The lowest BCUT2D eigenvalue weighted by Crippen LogP contribution is -2.22. The lowest BCUT2D eigenvalue weighted by molar-refractivity contribution is -0.115. The van der Waals surface area contributed by atoms with Crippen molar-refractivity contribution in [3.63, 3.8) is 0 Å². The molecule has 1 aliphatic heterocycles. The van der Waals surface area contributed by atoms with E-state index in [9.17, 15) is 4.79 Å². The van der Waals surface area contributed by atoms with Crippen molar-refractivity contribution in [2.75, 3.05) is 25.5 Å². The first-order chi connectivity index (χ1) is 18.2. The molecular weight excluding hydrogens is 478 g/mol. The van der Waals surface area contributed by atoms with Crippen LogP contribution >= 0.6 is 0 Å². The number of amides is 1. The quantitative estimate of drug-likeness (QED) is 0.335. The van der Waals surface area contributed by atoms with Crippen LogP contribution in [0.25, 0.3) is 10.9 Å². The van der Waals surface area contributed by atoms with E-state index in [1.807, 2.05) is 60.3 Å². The van der Waals surface area contributed by atoms with E-state index in [0.717, 1.165) is 33.5 Å². The molecule has 0 radical (unpaired) electrons. The molecule has 1 fully saturated rings. The average molecular weight is 516 g/mol. The fourth-order valence-electron chi connectivity index (χ4n) is 4.14. The van der Waals surface area contributed by atoms with Crippen LogP contribution in [-0.2, 0) is 16.8 Å². The summed E-state index contributed by atoms with van der Waals surface area (Å²) in [7, 11) is 1.63. The zero-order valence-electron chi connectivity index (χ0n) is 22.9. The number of nitrogens with zero attached hydrogens (tertiary/aromatic N) is 3. The fourth-order valence-corrected chi connectivity index (χ4v) is 4.14. The predicted molar refractivity (Wildman–Crippen MR) is 151 cm³/mol. The van der Waals surface area contributed by atoms with E-state index in [1.54, 1.807) is 19.5 Å². The number of benzene rings is 2. The molecule has 2 N–H and O–H groups in total. The van der Waals surface area contributed by atoms with Gasteiger partial charge in [-0.1, -0.05) is 12.1 Å². The molecule has 0 spiro atoms. The van der Waals surface area contributed by atoms with Crippen LogP contribution in [-0.4, -0.2) is 40.9 Å². The lowest BCUT2D eigenvalue weighted by atomic mass is 10.1. The number of pyridine rings is 1. The molecule has 3 heterocycles. The van der Waals surface area contributed by atoms with E-state index in [2.05, 4.69) is 41.5 Å². The van der Waals surface area contributed by atoms with Gasteiger partial charge in [0.1, 0.15) is 17.2 Å². The Labute approximate surface area is 224 Å². The Kier molecular flexibility index (Phi) is 8.63. The van der Waals surface area contributed by atoms with E-state index < -0.39 is 0 Å². The first-order valence-corrected chi connectivity index (χ1v) is 13.0. The first kappa shape index (κ1) is 27.1. The number of carbonyl (C=O) groups is 1. The third-order valence-electron chi connectivity index (χ3n) is 6.24. The standard InChI is InChI=1S/C26H28N4O3.C4H9N/c1-17-12-18(13-25(31)29-19-15-28-30(16-19)26(2,3)4)6-9-23(17)33-24-10-11-27-22-8-7-20(32-5)14-21(22)24;1-2-4-5-3-1/h6-12,14-16H,13H2,1-5H3,(H,29,31);5H,1-4H2. The van der Waals surface area contributed by atoms with Crippen LogP contribution in [0.3, 0.4) is 0 Å². The van der Waals surface area contributed by atoms with Crippen LogP contribution < -0.4 is 20.1 Å². The summed E-state index contributed by atoms with van der Waals surface area (Å²) in [6.45, 7) is 10.6. The highest BCUT2D eigenvalue weighted by molar-refractivity contribution is 5.92. The summed E-state index contributed by atoms with van der Waals surface area (Å²) in [5.74, 6) is 2.07. The van der Waals surface area contributed by atoms with Crippen molar-refractivity contribution < 1.29 is 14.3 Å². The zero-order valence-corrected chi connectivity index (χ0v) is 22.9. The van der Waals surface area contributed by atoms with E-state index in [-0.39, 0.29) is 17.9 Å². The van der Waals surface area contributed by atoms with Gasteiger partial charge in [-0.25, -0.2) is 0 Å². The minimum atomic E-state index is -0.138. The summed E-state index contributed by atoms with van der Waals surface area (Å²) in [6.07, 6.45) is 8.27. The normalized spacial score (nSPS) is 13.1. The molecule has 5 rings (SSSR count). The second-order valence-corrected chi connectivity index (χ2v) is 10.4. The molecule has 0 unspecified atom stereocenters. The van der Waals surface area contributed by atoms with Gasteiger partial charge in [-0.05, 0) is 95.1 Å². The van der Waals surface area contributed by atoms with Gasteiger partial charge < -0.3 is 20.1 Å². The van der Waals surface area contributed by atoms with Gasteiger partial charge in [-0.15, -0.1) is 0 Å². The number of ether oxygens (including phenoxy) is 2. The van der Waals surface area contributed by atoms with Crippen LogP contribution in [0.5, 0.6) is 17.2 Å². The molecule has 8 nitrogen and oxygen atoms in total. The van der Waals surface area contributed by atoms with Gasteiger partial charge in [0.2, 0.25) is 5.91 Å². The molecule has 0 saturated carbocycles. The molecule has 0 aliphatic carbocycles. The fraction of sp³-hybridized carbons (Fsp3) is 0.367. The molecule has 2 aromatic heterocycles. The van der Waals surface area contributed by atoms with Gasteiger partial charge in [0.25, 0.3) is 0 Å². The molecule has 0 atom stereocenters. The minimum absolute atomic E-state index is 0.0937. The topological polar surface area (TPSA) is 90.3 Å². The van der Waals surface area contributed by atoms with Crippen molar-refractivity contribution in [2.24, 2.45) is 0 Å². The number of methoxy groups -OCH3 is 1. The summed E-state index contributed by atoms with van der Waals surface area (Å²) < 4.78 is 13.4. The Balaban J connectivity index is 0.000000603. The lowest BCUT2D eigenvalue weighted by Gasteiger charge is -2.18. The SMILES string of the molecule is C1CCNC1.COc1ccc2nccc(Oc3ccc(CC(=O)Nc4cnn(C(C)(C)C)c4)cc3C)c2c1. The Morgan fingerprint density at radius 2 is 1.87 bits per heavy atom. The van der Waals surface area contributed by atoms with Gasteiger partial charge in [-0.3, -0.25) is 14.5 Å². The smallest absolute Gasteiger partial charge is 0.228 e. The van der Waals surface area contributed by atoms with E-state index in [4.69, 9.17) is 9.47 Å². The first-order valence-electron chi connectivity index (χ1n) is 13.0. The number of fused-ring (bicyclic) bond motifs is 1. The number of carbonyl (C=O) groups excluding carboxylic acids is 1. The zero-order chi connectivity index (χ0) is 27.1. The van der Waals surface area contributed by atoms with Crippen molar-refractivity contribution >= 4 is 22.5 Å². The number of rotatable bonds is 6. The van der Waals surface area contributed by atoms with Crippen molar-refractivity contribution in [1.82, 2.24) is 20.1 Å². The second-order valence-electron chi connectivity index (χ2n) is 10.4. The molecular formula is C30H37N5O3. The van der Waals surface area contributed by atoms with Crippen molar-refractivity contribution in [3.8, 4) is 17.2 Å². The molecule has 0 bridgehead atoms. The highest BCUT2D eigenvalue weighted by Crippen LogP contribution is 2.33. The largest absolute Gasteiger partial charge is 0.497 e.